The van der Waals surface area contributed by atoms with Gasteiger partial charge in [0.05, 0.1) is 29.4 Å². The summed E-state index contributed by atoms with van der Waals surface area (Å²) >= 11 is 3.41. The molecule has 0 saturated heterocycles. The van der Waals surface area contributed by atoms with Crippen molar-refractivity contribution in [2.75, 3.05) is 13.7 Å². The van der Waals surface area contributed by atoms with E-state index in [1.807, 2.05) is 19.1 Å². The monoisotopic (exact) mass is 379 g/mol. The smallest absolute Gasteiger partial charge is 0.338 e. The largest absolute Gasteiger partial charge is 0.493 e. The zero-order valence-electron chi connectivity index (χ0n) is 13.0. The highest BCUT2D eigenvalue weighted by Crippen LogP contribution is 2.37. The van der Waals surface area contributed by atoms with Crippen molar-refractivity contribution in [2.24, 2.45) is 0 Å². The molecule has 0 bridgehead atoms. The second kappa shape index (κ2) is 8.53. The topological polar surface area (TPSA) is 57.7 Å². The Hall–Kier alpha value is -2.08. The van der Waals surface area contributed by atoms with Gasteiger partial charge in [-0.05, 0) is 46.6 Å². The Morgan fingerprint density at radius 1 is 1.30 bits per heavy atom. The van der Waals surface area contributed by atoms with Gasteiger partial charge >= 0.3 is 5.97 Å². The summed E-state index contributed by atoms with van der Waals surface area (Å²) in [5, 5.41) is 0. The molecule has 0 amide bonds. The van der Waals surface area contributed by atoms with E-state index in [1.165, 1.54) is 7.11 Å². The highest BCUT2D eigenvalue weighted by atomic mass is 79.9. The zero-order chi connectivity index (χ0) is 16.7. The van der Waals surface area contributed by atoms with E-state index in [0.29, 0.717) is 33.8 Å². The minimum atomic E-state index is -0.448. The number of carbonyl (C=O) groups is 1. The van der Waals surface area contributed by atoms with E-state index < -0.39 is 5.97 Å². The third kappa shape index (κ3) is 4.69. The van der Waals surface area contributed by atoms with Crippen LogP contribution in [0.4, 0.5) is 0 Å². The predicted molar refractivity (Wildman–Crippen MR) is 89.8 cm³/mol. The standard InChI is InChI=1S/C17H18BrNO4/c1-3-8-22-16-14(18)9-12(10-15(16)21-2)17(20)23-11-13-6-4-5-7-19-13/h4-7,9-10H,3,8,11H2,1-2H3. The number of ether oxygens (including phenoxy) is 3. The highest BCUT2D eigenvalue weighted by Gasteiger charge is 2.16. The molecule has 1 aromatic heterocycles. The van der Waals surface area contributed by atoms with Gasteiger partial charge in [0.15, 0.2) is 11.5 Å². The van der Waals surface area contributed by atoms with Gasteiger partial charge in [0, 0.05) is 6.20 Å². The van der Waals surface area contributed by atoms with Gasteiger partial charge in [-0.25, -0.2) is 4.79 Å². The lowest BCUT2D eigenvalue weighted by Gasteiger charge is -2.13. The summed E-state index contributed by atoms with van der Waals surface area (Å²) in [5.41, 5.74) is 1.07. The van der Waals surface area contributed by atoms with Crippen molar-refractivity contribution in [3.05, 3.63) is 52.3 Å². The fourth-order valence-corrected chi connectivity index (χ4v) is 2.44. The zero-order valence-corrected chi connectivity index (χ0v) is 14.6. The summed E-state index contributed by atoms with van der Waals surface area (Å²) in [6, 6.07) is 8.72. The van der Waals surface area contributed by atoms with E-state index in [1.54, 1.807) is 24.4 Å². The lowest BCUT2D eigenvalue weighted by molar-refractivity contribution is 0.0467. The molecule has 0 unspecified atom stereocenters. The van der Waals surface area contributed by atoms with Crippen LogP contribution in [0.1, 0.15) is 29.4 Å². The normalized spacial score (nSPS) is 10.2. The van der Waals surface area contributed by atoms with Crippen LogP contribution in [0.3, 0.4) is 0 Å². The number of carbonyl (C=O) groups excluding carboxylic acids is 1. The van der Waals surface area contributed by atoms with Gasteiger partial charge in [-0.1, -0.05) is 13.0 Å². The molecule has 2 rings (SSSR count). The first kappa shape index (κ1) is 17.3. The van der Waals surface area contributed by atoms with E-state index in [2.05, 4.69) is 20.9 Å². The number of hydrogen-bond donors (Lipinski definition) is 0. The van der Waals surface area contributed by atoms with Crippen LogP contribution in [0.15, 0.2) is 41.0 Å². The maximum atomic E-state index is 12.2. The number of methoxy groups -OCH3 is 1. The van der Waals surface area contributed by atoms with Crippen LogP contribution in [-0.4, -0.2) is 24.7 Å². The average Bonchev–Trinajstić information content (AvgIpc) is 2.58. The van der Waals surface area contributed by atoms with Gasteiger partial charge < -0.3 is 14.2 Å². The lowest BCUT2D eigenvalue weighted by Crippen LogP contribution is -2.07. The van der Waals surface area contributed by atoms with Crippen LogP contribution >= 0.6 is 15.9 Å². The molecule has 6 heteroatoms. The number of benzene rings is 1. The Kier molecular flexibility index (Phi) is 6.40. The first-order valence-corrected chi connectivity index (χ1v) is 8.02. The molecule has 0 saturated carbocycles. The third-order valence-corrected chi connectivity index (χ3v) is 3.58. The molecule has 0 fully saturated rings. The Morgan fingerprint density at radius 3 is 2.78 bits per heavy atom. The summed E-state index contributed by atoms with van der Waals surface area (Å²) in [4.78, 5) is 16.3. The van der Waals surface area contributed by atoms with Crippen molar-refractivity contribution in [2.45, 2.75) is 20.0 Å². The Labute approximate surface area is 143 Å². The first-order valence-electron chi connectivity index (χ1n) is 7.23. The predicted octanol–water partition coefficient (Wildman–Crippen LogP) is 4.00. The molecule has 2 aromatic rings. The molecule has 0 aliphatic rings. The van der Waals surface area contributed by atoms with E-state index in [-0.39, 0.29) is 6.61 Å². The molecule has 0 N–H and O–H groups in total. The van der Waals surface area contributed by atoms with Crippen molar-refractivity contribution in [3.8, 4) is 11.5 Å². The number of hydrogen-bond acceptors (Lipinski definition) is 5. The molecule has 0 radical (unpaired) electrons. The number of esters is 1. The number of nitrogens with zero attached hydrogens (tertiary/aromatic N) is 1. The fourth-order valence-electron chi connectivity index (χ4n) is 1.89. The molecule has 1 aromatic carbocycles. The van der Waals surface area contributed by atoms with E-state index in [4.69, 9.17) is 14.2 Å². The Bertz CT molecular complexity index is 661. The van der Waals surface area contributed by atoms with Crippen LogP contribution in [0.2, 0.25) is 0 Å². The summed E-state index contributed by atoms with van der Waals surface area (Å²) in [7, 11) is 1.53. The molecule has 0 atom stereocenters. The van der Waals surface area contributed by atoms with Crippen LogP contribution in [-0.2, 0) is 11.3 Å². The van der Waals surface area contributed by atoms with E-state index >= 15 is 0 Å². The number of halogens is 1. The fraction of sp³-hybridized carbons (Fsp3) is 0.294. The van der Waals surface area contributed by atoms with Crippen LogP contribution in [0.25, 0.3) is 0 Å². The Balaban J connectivity index is 2.12. The van der Waals surface area contributed by atoms with Gasteiger partial charge in [-0.3, -0.25) is 4.98 Å². The number of pyridine rings is 1. The lowest BCUT2D eigenvalue weighted by atomic mass is 10.2. The summed E-state index contributed by atoms with van der Waals surface area (Å²) < 4.78 is 16.9. The number of aromatic nitrogens is 1. The SMILES string of the molecule is CCCOc1c(Br)cc(C(=O)OCc2ccccn2)cc1OC. The summed E-state index contributed by atoms with van der Waals surface area (Å²) in [6.45, 7) is 2.70. The van der Waals surface area contributed by atoms with Gasteiger partial charge in [-0.15, -0.1) is 0 Å². The minimum absolute atomic E-state index is 0.119. The molecular formula is C17H18BrNO4. The van der Waals surface area contributed by atoms with Gasteiger partial charge in [-0.2, -0.15) is 0 Å². The molecule has 0 aliphatic heterocycles. The van der Waals surface area contributed by atoms with Crippen LogP contribution in [0.5, 0.6) is 11.5 Å². The van der Waals surface area contributed by atoms with Crippen LogP contribution in [0, 0.1) is 0 Å². The first-order chi connectivity index (χ1) is 11.2. The van der Waals surface area contributed by atoms with Crippen molar-refractivity contribution >= 4 is 21.9 Å². The Morgan fingerprint density at radius 2 is 2.13 bits per heavy atom. The van der Waals surface area contributed by atoms with Crippen LogP contribution < -0.4 is 9.47 Å². The third-order valence-electron chi connectivity index (χ3n) is 2.99. The van der Waals surface area contributed by atoms with E-state index in [9.17, 15) is 4.79 Å². The van der Waals surface area contributed by atoms with Gasteiger partial charge in [0.1, 0.15) is 6.61 Å². The minimum Gasteiger partial charge on any atom is -0.493 e. The molecule has 5 nitrogen and oxygen atoms in total. The molecule has 1 heterocycles. The van der Waals surface area contributed by atoms with Crippen molar-refractivity contribution in [1.82, 2.24) is 4.98 Å². The van der Waals surface area contributed by atoms with Gasteiger partial charge in [0.2, 0.25) is 0 Å². The van der Waals surface area contributed by atoms with Crippen molar-refractivity contribution < 1.29 is 19.0 Å². The molecule has 122 valence electrons. The molecule has 0 spiro atoms. The molecule has 23 heavy (non-hydrogen) atoms. The average molecular weight is 380 g/mol. The second-order valence-corrected chi connectivity index (χ2v) is 5.59. The summed E-state index contributed by atoms with van der Waals surface area (Å²) in [5.74, 6) is 0.616. The second-order valence-electron chi connectivity index (χ2n) is 4.74. The van der Waals surface area contributed by atoms with Crippen molar-refractivity contribution in [3.63, 3.8) is 0 Å². The van der Waals surface area contributed by atoms with E-state index in [0.717, 1.165) is 6.42 Å². The maximum Gasteiger partial charge on any atom is 0.338 e. The molecular weight excluding hydrogens is 362 g/mol. The maximum absolute atomic E-state index is 12.2. The summed E-state index contributed by atoms with van der Waals surface area (Å²) in [6.07, 6.45) is 2.53. The molecule has 0 aliphatic carbocycles. The quantitative estimate of drug-likeness (QED) is 0.680. The van der Waals surface area contributed by atoms with Gasteiger partial charge in [0.25, 0.3) is 0 Å². The van der Waals surface area contributed by atoms with Crippen molar-refractivity contribution in [1.29, 1.82) is 0 Å². The number of rotatable bonds is 7. The highest BCUT2D eigenvalue weighted by molar-refractivity contribution is 9.10.